The lowest BCUT2D eigenvalue weighted by Gasteiger charge is -2.19. The van der Waals surface area contributed by atoms with Crippen molar-refractivity contribution in [3.05, 3.63) is 16.1 Å². The smallest absolute Gasteiger partial charge is 0.0797 e. The van der Waals surface area contributed by atoms with Gasteiger partial charge >= 0.3 is 0 Å². The van der Waals surface area contributed by atoms with Gasteiger partial charge in [-0.1, -0.05) is 0 Å². The molecule has 4 heteroatoms. The van der Waals surface area contributed by atoms with Gasteiger partial charge in [-0.25, -0.2) is 4.98 Å². The number of hydrogen-bond acceptors (Lipinski definition) is 3. The molecule has 68 valence electrons. The maximum Gasteiger partial charge on any atom is 0.0797 e. The monoisotopic (exact) mass is 204 g/mol. The fourth-order valence-corrected chi connectivity index (χ4v) is 2.37. The fraction of sp³-hybridized carbons (Fsp3) is 0.625. The number of fused-ring (bicyclic) bond motifs is 1. The number of nitrogens with zero attached hydrogens (tertiary/aromatic N) is 1. The van der Waals surface area contributed by atoms with Crippen LogP contribution < -0.4 is 5.32 Å². The molecule has 2 rings (SSSR count). The van der Waals surface area contributed by atoms with Crippen LogP contribution in [0, 0.1) is 0 Å². The molecule has 1 aromatic rings. The highest BCUT2D eigenvalue weighted by Gasteiger charge is 2.18. The number of nitrogens with one attached hydrogen (secondary N) is 1. The molecule has 0 spiro atoms. The third kappa shape index (κ3) is 1.79. The molecule has 1 atom stereocenters. The van der Waals surface area contributed by atoms with E-state index in [-0.39, 0.29) is 12.4 Å². The second-order valence-electron chi connectivity index (χ2n) is 2.95. The zero-order valence-electron chi connectivity index (χ0n) is 7.04. The molecule has 0 aromatic carbocycles. The first kappa shape index (κ1) is 9.96. The Morgan fingerprint density at radius 2 is 2.50 bits per heavy atom. The molecule has 1 aromatic heterocycles. The Morgan fingerprint density at radius 1 is 1.67 bits per heavy atom. The summed E-state index contributed by atoms with van der Waals surface area (Å²) in [5.41, 5.74) is 3.28. The van der Waals surface area contributed by atoms with E-state index < -0.39 is 0 Å². The molecule has 12 heavy (non-hydrogen) atoms. The standard InChI is InChI=1S/C8H12N2S.ClH/c1-9-6-2-3-8-7(4-6)10-5-11-8;/h5-6,9H,2-4H2,1H3;1H/t6-;/m0./s1. The van der Waals surface area contributed by atoms with Crippen molar-refractivity contribution in [3.8, 4) is 0 Å². The summed E-state index contributed by atoms with van der Waals surface area (Å²) in [4.78, 5) is 5.83. The lowest BCUT2D eigenvalue weighted by Crippen LogP contribution is -2.31. The van der Waals surface area contributed by atoms with E-state index in [9.17, 15) is 0 Å². The first-order valence-electron chi connectivity index (χ1n) is 3.98. The quantitative estimate of drug-likeness (QED) is 0.753. The minimum absolute atomic E-state index is 0. The second-order valence-corrected chi connectivity index (χ2v) is 3.89. The van der Waals surface area contributed by atoms with E-state index in [1.165, 1.54) is 23.4 Å². The summed E-state index contributed by atoms with van der Waals surface area (Å²) in [6.45, 7) is 0. The molecule has 1 N–H and O–H groups in total. The van der Waals surface area contributed by atoms with E-state index in [1.807, 2.05) is 12.6 Å². The molecule has 0 aliphatic heterocycles. The minimum atomic E-state index is 0. The van der Waals surface area contributed by atoms with Crippen molar-refractivity contribution >= 4 is 23.7 Å². The van der Waals surface area contributed by atoms with E-state index in [0.717, 1.165) is 6.42 Å². The Morgan fingerprint density at radius 3 is 3.25 bits per heavy atom. The summed E-state index contributed by atoms with van der Waals surface area (Å²) in [5.74, 6) is 0. The molecule has 1 aliphatic rings. The van der Waals surface area contributed by atoms with Gasteiger partial charge in [0.1, 0.15) is 0 Å². The van der Waals surface area contributed by atoms with Crippen molar-refractivity contribution in [3.63, 3.8) is 0 Å². The van der Waals surface area contributed by atoms with E-state index in [2.05, 4.69) is 10.3 Å². The van der Waals surface area contributed by atoms with Crippen LogP contribution in [0.4, 0.5) is 0 Å². The van der Waals surface area contributed by atoms with Crippen LogP contribution in [0.5, 0.6) is 0 Å². The molecule has 0 amide bonds. The van der Waals surface area contributed by atoms with Crippen molar-refractivity contribution in [1.29, 1.82) is 0 Å². The first-order chi connectivity index (χ1) is 5.40. The van der Waals surface area contributed by atoms with Gasteiger partial charge in [0, 0.05) is 17.3 Å². The van der Waals surface area contributed by atoms with Crippen LogP contribution in [0.1, 0.15) is 17.0 Å². The molecule has 2 nitrogen and oxygen atoms in total. The van der Waals surface area contributed by atoms with Crippen molar-refractivity contribution in [2.45, 2.75) is 25.3 Å². The zero-order chi connectivity index (χ0) is 7.68. The number of thiazole rings is 1. The summed E-state index contributed by atoms with van der Waals surface area (Å²) in [6, 6.07) is 0.657. The topological polar surface area (TPSA) is 24.9 Å². The molecule has 0 bridgehead atoms. The van der Waals surface area contributed by atoms with Crippen molar-refractivity contribution in [2.75, 3.05) is 7.05 Å². The Labute approximate surface area is 82.8 Å². The van der Waals surface area contributed by atoms with E-state index in [1.54, 1.807) is 11.3 Å². The van der Waals surface area contributed by atoms with Crippen LogP contribution in [-0.2, 0) is 12.8 Å². The Balaban J connectivity index is 0.000000720. The van der Waals surface area contributed by atoms with Crippen LogP contribution in [0.15, 0.2) is 5.51 Å². The largest absolute Gasteiger partial charge is 0.317 e. The highest BCUT2D eigenvalue weighted by atomic mass is 35.5. The first-order valence-corrected chi connectivity index (χ1v) is 4.86. The van der Waals surface area contributed by atoms with Gasteiger partial charge in [-0.2, -0.15) is 0 Å². The Bertz CT molecular complexity index is 249. The van der Waals surface area contributed by atoms with Gasteiger partial charge in [-0.05, 0) is 19.9 Å². The van der Waals surface area contributed by atoms with Crippen molar-refractivity contribution in [1.82, 2.24) is 10.3 Å². The summed E-state index contributed by atoms with van der Waals surface area (Å²) < 4.78 is 0. The molecule has 0 saturated carbocycles. The van der Waals surface area contributed by atoms with Gasteiger partial charge < -0.3 is 5.32 Å². The van der Waals surface area contributed by atoms with Gasteiger partial charge in [0.2, 0.25) is 0 Å². The number of likely N-dealkylation sites (N-methyl/N-ethyl adjacent to an activating group) is 1. The Kier molecular flexibility index (Phi) is 3.50. The SMILES string of the molecule is CN[C@H]1CCc2scnc2C1.Cl. The van der Waals surface area contributed by atoms with Crippen LogP contribution in [-0.4, -0.2) is 18.1 Å². The fourth-order valence-electron chi connectivity index (χ4n) is 1.55. The van der Waals surface area contributed by atoms with E-state index in [4.69, 9.17) is 0 Å². The minimum Gasteiger partial charge on any atom is -0.317 e. The summed E-state index contributed by atoms with van der Waals surface area (Å²) in [5, 5.41) is 3.30. The van der Waals surface area contributed by atoms with Gasteiger partial charge in [-0.15, -0.1) is 23.7 Å². The average Bonchev–Trinajstić information content (AvgIpc) is 2.50. The number of rotatable bonds is 1. The van der Waals surface area contributed by atoms with Crippen molar-refractivity contribution < 1.29 is 0 Å². The Hall–Kier alpha value is -0.120. The van der Waals surface area contributed by atoms with Gasteiger partial charge in [0.15, 0.2) is 0 Å². The third-order valence-corrected chi connectivity index (χ3v) is 3.23. The third-order valence-electron chi connectivity index (χ3n) is 2.29. The number of aromatic nitrogens is 1. The van der Waals surface area contributed by atoms with Crippen LogP contribution in [0.3, 0.4) is 0 Å². The number of hydrogen-bond donors (Lipinski definition) is 1. The highest BCUT2D eigenvalue weighted by molar-refractivity contribution is 7.09. The molecule has 0 fully saturated rings. The van der Waals surface area contributed by atoms with Crippen molar-refractivity contribution in [2.24, 2.45) is 0 Å². The molecule has 1 aliphatic carbocycles. The highest BCUT2D eigenvalue weighted by Crippen LogP contribution is 2.23. The maximum atomic E-state index is 4.33. The lowest BCUT2D eigenvalue weighted by molar-refractivity contribution is 0.494. The maximum absolute atomic E-state index is 4.33. The van der Waals surface area contributed by atoms with E-state index in [0.29, 0.717) is 6.04 Å². The predicted octanol–water partition coefficient (Wildman–Crippen LogP) is 1.64. The van der Waals surface area contributed by atoms with Gasteiger partial charge in [0.25, 0.3) is 0 Å². The summed E-state index contributed by atoms with van der Waals surface area (Å²) in [7, 11) is 2.03. The second kappa shape index (κ2) is 4.21. The summed E-state index contributed by atoms with van der Waals surface area (Å²) in [6.07, 6.45) is 3.60. The number of aryl methyl sites for hydroxylation is 1. The van der Waals surface area contributed by atoms with Crippen LogP contribution >= 0.6 is 23.7 Å². The average molecular weight is 205 g/mol. The molecule has 1 heterocycles. The van der Waals surface area contributed by atoms with Gasteiger partial charge in [-0.3, -0.25) is 0 Å². The summed E-state index contributed by atoms with van der Waals surface area (Å²) >= 11 is 1.80. The molecule has 0 radical (unpaired) electrons. The number of halogens is 1. The van der Waals surface area contributed by atoms with E-state index >= 15 is 0 Å². The molecule has 0 unspecified atom stereocenters. The molecular weight excluding hydrogens is 192 g/mol. The molecular formula is C8H13ClN2S. The van der Waals surface area contributed by atoms with Gasteiger partial charge in [0.05, 0.1) is 11.2 Å². The lowest BCUT2D eigenvalue weighted by atomic mass is 9.98. The molecule has 0 saturated heterocycles. The van der Waals surface area contributed by atoms with Crippen LogP contribution in [0.25, 0.3) is 0 Å². The predicted molar refractivity (Wildman–Crippen MR) is 54.2 cm³/mol. The zero-order valence-corrected chi connectivity index (χ0v) is 8.67. The normalized spacial score (nSPS) is 21.2. The van der Waals surface area contributed by atoms with Crippen LogP contribution in [0.2, 0.25) is 0 Å².